The monoisotopic (exact) mass is 546 g/mol. The van der Waals surface area contributed by atoms with Crippen molar-refractivity contribution < 1.29 is 14.3 Å². The molecule has 5 rings (SSSR count). The predicted molar refractivity (Wildman–Crippen MR) is 164 cm³/mol. The first-order chi connectivity index (χ1) is 19.7. The molecule has 0 N–H and O–H groups in total. The van der Waals surface area contributed by atoms with Crippen LogP contribution in [-0.2, 0) is 22.5 Å². The molecule has 0 aliphatic carbocycles. The topological polar surface area (TPSA) is 52.8 Å². The van der Waals surface area contributed by atoms with E-state index in [0.29, 0.717) is 12.2 Å². The van der Waals surface area contributed by atoms with Crippen LogP contribution in [0.5, 0.6) is 0 Å². The number of pyridine rings is 1. The fourth-order valence-electron chi connectivity index (χ4n) is 5.07. The number of hydrogen-bond donors (Lipinski definition) is 0. The van der Waals surface area contributed by atoms with E-state index in [-0.39, 0.29) is 5.97 Å². The van der Waals surface area contributed by atoms with Crippen molar-refractivity contribution in [1.29, 1.82) is 0 Å². The predicted octanol–water partition coefficient (Wildman–Crippen LogP) is 8.52. The molecule has 0 saturated carbocycles. The molecule has 5 heteroatoms. The summed E-state index contributed by atoms with van der Waals surface area (Å²) >= 11 is 0. The van der Waals surface area contributed by atoms with E-state index in [2.05, 4.69) is 54.8 Å². The second-order valence-corrected chi connectivity index (χ2v) is 11.5. The fourth-order valence-corrected chi connectivity index (χ4v) is 5.07. The minimum absolute atomic E-state index is 0.355. The molecule has 0 amide bonds. The van der Waals surface area contributed by atoms with Crippen molar-refractivity contribution in [2.24, 2.45) is 0 Å². The van der Waals surface area contributed by atoms with Gasteiger partial charge in [-0.1, -0.05) is 92.2 Å². The van der Waals surface area contributed by atoms with Crippen molar-refractivity contribution in [2.75, 3.05) is 0 Å². The second-order valence-electron chi connectivity index (χ2n) is 11.5. The maximum Gasteiger partial charge on any atom is 0.339 e. The lowest BCUT2D eigenvalue weighted by Gasteiger charge is -2.23. The Balaban J connectivity index is 1.55. The Morgan fingerprint density at radius 1 is 0.902 bits per heavy atom. The average molecular weight is 547 g/mol. The molecule has 3 aromatic carbocycles. The maximum absolute atomic E-state index is 13.5. The van der Waals surface area contributed by atoms with Gasteiger partial charge in [0.1, 0.15) is 17.4 Å². The van der Waals surface area contributed by atoms with Crippen molar-refractivity contribution in [3.05, 3.63) is 131 Å². The van der Waals surface area contributed by atoms with Gasteiger partial charge in [0.15, 0.2) is 0 Å². The number of aryl methyl sites for hydroxylation is 2. The summed E-state index contributed by atoms with van der Waals surface area (Å²) in [4.78, 5) is 18.4. The molecule has 5 nitrogen and oxygen atoms in total. The molecular weight excluding hydrogens is 508 g/mol. The normalized spacial score (nSPS) is 12.4. The highest BCUT2D eigenvalue weighted by Gasteiger charge is 2.24. The van der Waals surface area contributed by atoms with E-state index in [4.69, 9.17) is 14.5 Å². The van der Waals surface area contributed by atoms with Crippen LogP contribution in [0.3, 0.4) is 0 Å². The highest BCUT2D eigenvalue weighted by atomic mass is 16.6. The van der Waals surface area contributed by atoms with Gasteiger partial charge >= 0.3 is 5.97 Å². The van der Waals surface area contributed by atoms with Gasteiger partial charge in [0.05, 0.1) is 17.9 Å². The van der Waals surface area contributed by atoms with E-state index in [1.165, 1.54) is 0 Å². The SMILES string of the molecule is CCCc1cn2c(COC(c3ccccc3)c3ccc(-c4ccccc4)c(C(=O)OC(C)(C)C)c3)ccc(C)c2n1. The van der Waals surface area contributed by atoms with Crippen LogP contribution in [0.2, 0.25) is 0 Å². The van der Waals surface area contributed by atoms with E-state index in [1.807, 2.05) is 81.4 Å². The third-order valence-corrected chi connectivity index (χ3v) is 7.00. The van der Waals surface area contributed by atoms with Crippen LogP contribution in [-0.4, -0.2) is 21.0 Å². The smallest absolute Gasteiger partial charge is 0.339 e. The zero-order valence-electron chi connectivity index (χ0n) is 24.6. The van der Waals surface area contributed by atoms with Gasteiger partial charge in [-0.05, 0) is 74.1 Å². The number of fused-ring (bicyclic) bond motifs is 1. The number of imidazole rings is 1. The van der Waals surface area contributed by atoms with Gasteiger partial charge in [0.25, 0.3) is 0 Å². The highest BCUT2D eigenvalue weighted by Crippen LogP contribution is 2.33. The van der Waals surface area contributed by atoms with Gasteiger partial charge in [0.2, 0.25) is 0 Å². The van der Waals surface area contributed by atoms with Crippen LogP contribution < -0.4 is 0 Å². The molecule has 1 atom stereocenters. The summed E-state index contributed by atoms with van der Waals surface area (Å²) in [7, 11) is 0. The summed E-state index contributed by atoms with van der Waals surface area (Å²) in [6.07, 6.45) is 3.72. The quantitative estimate of drug-likeness (QED) is 0.174. The van der Waals surface area contributed by atoms with Gasteiger partial charge in [-0.2, -0.15) is 0 Å². The van der Waals surface area contributed by atoms with E-state index < -0.39 is 11.7 Å². The largest absolute Gasteiger partial charge is 0.456 e. The zero-order valence-corrected chi connectivity index (χ0v) is 24.6. The van der Waals surface area contributed by atoms with Crippen LogP contribution in [0.1, 0.15) is 78.7 Å². The Hall–Kier alpha value is -4.22. The Morgan fingerprint density at radius 2 is 1.61 bits per heavy atom. The second kappa shape index (κ2) is 12.1. The number of rotatable bonds is 9. The van der Waals surface area contributed by atoms with E-state index in [0.717, 1.165) is 57.7 Å². The van der Waals surface area contributed by atoms with Gasteiger partial charge in [-0.25, -0.2) is 9.78 Å². The van der Waals surface area contributed by atoms with Crippen LogP contribution in [0, 0.1) is 6.92 Å². The fraction of sp³-hybridized carbons (Fsp3) is 0.278. The molecule has 1 unspecified atom stereocenters. The summed E-state index contributed by atoms with van der Waals surface area (Å²) in [5, 5.41) is 0. The first kappa shape index (κ1) is 28.3. The molecule has 5 aromatic rings. The van der Waals surface area contributed by atoms with E-state index in [1.54, 1.807) is 0 Å². The van der Waals surface area contributed by atoms with E-state index >= 15 is 0 Å². The van der Waals surface area contributed by atoms with Crippen molar-refractivity contribution in [3.63, 3.8) is 0 Å². The molecular formula is C36H38N2O3. The molecule has 0 bridgehead atoms. The molecule has 41 heavy (non-hydrogen) atoms. The molecule has 0 radical (unpaired) electrons. The first-order valence-electron chi connectivity index (χ1n) is 14.3. The average Bonchev–Trinajstić information content (AvgIpc) is 3.39. The molecule has 210 valence electrons. The highest BCUT2D eigenvalue weighted by molar-refractivity contribution is 5.97. The Morgan fingerprint density at radius 3 is 2.29 bits per heavy atom. The Kier molecular flexibility index (Phi) is 8.36. The maximum atomic E-state index is 13.5. The minimum Gasteiger partial charge on any atom is -0.456 e. The number of nitrogens with zero attached hydrogens (tertiary/aromatic N) is 2. The van der Waals surface area contributed by atoms with Crippen molar-refractivity contribution >= 4 is 11.6 Å². The van der Waals surface area contributed by atoms with Gasteiger partial charge in [0, 0.05) is 11.9 Å². The van der Waals surface area contributed by atoms with Crippen molar-refractivity contribution in [2.45, 2.75) is 65.8 Å². The van der Waals surface area contributed by atoms with Crippen LogP contribution >= 0.6 is 0 Å². The van der Waals surface area contributed by atoms with Crippen LogP contribution in [0.15, 0.2) is 97.2 Å². The number of aromatic nitrogens is 2. The summed E-state index contributed by atoms with van der Waals surface area (Å²) in [6, 6.07) is 30.3. The third kappa shape index (κ3) is 6.58. The first-order valence-corrected chi connectivity index (χ1v) is 14.3. The number of esters is 1. The third-order valence-electron chi connectivity index (χ3n) is 7.00. The molecule has 2 heterocycles. The van der Waals surface area contributed by atoms with Crippen molar-refractivity contribution in [1.82, 2.24) is 9.38 Å². The van der Waals surface area contributed by atoms with Crippen molar-refractivity contribution in [3.8, 4) is 11.1 Å². The minimum atomic E-state index is -0.616. The molecule has 0 aliphatic heterocycles. The number of hydrogen-bond acceptors (Lipinski definition) is 4. The zero-order chi connectivity index (χ0) is 29.0. The van der Waals surface area contributed by atoms with Gasteiger partial charge in [-0.3, -0.25) is 0 Å². The van der Waals surface area contributed by atoms with Gasteiger partial charge in [-0.15, -0.1) is 0 Å². The molecule has 0 fully saturated rings. The number of carbonyl (C=O) groups is 1. The molecule has 2 aromatic heterocycles. The van der Waals surface area contributed by atoms with E-state index in [9.17, 15) is 4.79 Å². The molecule has 0 saturated heterocycles. The number of ether oxygens (including phenoxy) is 2. The summed E-state index contributed by atoms with van der Waals surface area (Å²) in [6.45, 7) is 10.3. The standard InChI is InChI=1S/C36H38N2O3/c1-6-13-29-23-38-30(20-18-25(2)34(38)37-29)24-40-33(27-16-11-8-12-17-27)28-19-21-31(26-14-9-7-10-15-26)32(22-28)35(39)41-36(3,4)5/h7-12,14-23,33H,6,13,24H2,1-5H3. The summed E-state index contributed by atoms with van der Waals surface area (Å²) in [5.41, 5.74) is 7.79. The number of carbonyl (C=O) groups excluding carboxylic acids is 1. The molecule has 0 spiro atoms. The lowest BCUT2D eigenvalue weighted by Crippen LogP contribution is -2.24. The van der Waals surface area contributed by atoms with Crippen LogP contribution in [0.25, 0.3) is 16.8 Å². The molecule has 0 aliphatic rings. The lowest BCUT2D eigenvalue weighted by atomic mass is 9.93. The lowest BCUT2D eigenvalue weighted by molar-refractivity contribution is 0.00698. The summed E-state index contributed by atoms with van der Waals surface area (Å²) < 4.78 is 14.7. The summed E-state index contributed by atoms with van der Waals surface area (Å²) in [5.74, 6) is -0.355. The van der Waals surface area contributed by atoms with Crippen LogP contribution in [0.4, 0.5) is 0 Å². The Labute approximate surface area is 242 Å². The van der Waals surface area contributed by atoms with Gasteiger partial charge < -0.3 is 13.9 Å². The Bertz CT molecular complexity index is 1630. The number of benzene rings is 3.